The normalized spacial score (nSPS) is 16.8. The number of hydrogen-bond acceptors (Lipinski definition) is 2. The molecule has 0 aliphatic heterocycles. The molecule has 0 amide bonds. The minimum atomic E-state index is 0.354. The van der Waals surface area contributed by atoms with Crippen LogP contribution in [0, 0.1) is 5.92 Å². The van der Waals surface area contributed by atoms with Crippen molar-refractivity contribution in [2.45, 2.75) is 38.6 Å². The third-order valence-electron chi connectivity index (χ3n) is 3.56. The molecule has 17 heavy (non-hydrogen) atoms. The number of anilines is 1. The Labute approximate surface area is 105 Å². The third-order valence-corrected chi connectivity index (χ3v) is 3.56. The van der Waals surface area contributed by atoms with Crippen molar-refractivity contribution >= 4 is 5.69 Å². The van der Waals surface area contributed by atoms with Crippen LogP contribution in [-0.4, -0.2) is 19.1 Å². The average Bonchev–Trinajstić information content (AvgIpc) is 3.19. The molecule has 1 aliphatic carbocycles. The summed E-state index contributed by atoms with van der Waals surface area (Å²) < 4.78 is 0. The largest absolute Gasteiger partial charge is 0.370 e. The van der Waals surface area contributed by atoms with E-state index >= 15 is 0 Å². The van der Waals surface area contributed by atoms with E-state index in [1.54, 1.807) is 0 Å². The monoisotopic (exact) mass is 232 g/mol. The number of unbranched alkanes of at least 4 members (excludes halogenated alkanes) is 1. The summed E-state index contributed by atoms with van der Waals surface area (Å²) >= 11 is 0. The van der Waals surface area contributed by atoms with Gasteiger partial charge in [0.15, 0.2) is 0 Å². The summed E-state index contributed by atoms with van der Waals surface area (Å²) in [5.74, 6) is 0.780. The third kappa shape index (κ3) is 3.74. The maximum absolute atomic E-state index is 6.25. The smallest absolute Gasteiger partial charge is 0.0366 e. The molecule has 0 aromatic heterocycles. The Bertz CT molecular complexity index is 319. The van der Waals surface area contributed by atoms with Gasteiger partial charge in [0.25, 0.3) is 0 Å². The topological polar surface area (TPSA) is 29.3 Å². The molecule has 2 nitrogen and oxygen atoms in total. The highest BCUT2D eigenvalue weighted by molar-refractivity contribution is 5.46. The lowest BCUT2D eigenvalue weighted by Gasteiger charge is -2.28. The van der Waals surface area contributed by atoms with Crippen LogP contribution in [-0.2, 0) is 0 Å². The molecule has 1 aromatic carbocycles. The molecule has 2 N–H and O–H groups in total. The Morgan fingerprint density at radius 3 is 2.59 bits per heavy atom. The molecule has 94 valence electrons. The maximum atomic E-state index is 6.25. The molecule has 1 unspecified atom stereocenters. The molecule has 1 fully saturated rings. The van der Waals surface area contributed by atoms with E-state index in [9.17, 15) is 0 Å². The van der Waals surface area contributed by atoms with Gasteiger partial charge in [0, 0.05) is 24.8 Å². The summed E-state index contributed by atoms with van der Waals surface area (Å²) in [6.07, 6.45) is 5.14. The van der Waals surface area contributed by atoms with Gasteiger partial charge in [0.1, 0.15) is 0 Å². The summed E-state index contributed by atoms with van der Waals surface area (Å²) in [5.41, 5.74) is 7.56. The van der Waals surface area contributed by atoms with E-state index < -0.39 is 0 Å². The fourth-order valence-electron chi connectivity index (χ4n) is 2.24. The van der Waals surface area contributed by atoms with Crippen LogP contribution in [0.15, 0.2) is 30.3 Å². The molecule has 2 rings (SSSR count). The number of para-hydroxylation sites is 1. The van der Waals surface area contributed by atoms with Gasteiger partial charge in [-0.05, 0) is 37.3 Å². The van der Waals surface area contributed by atoms with Gasteiger partial charge >= 0.3 is 0 Å². The Morgan fingerprint density at radius 1 is 1.29 bits per heavy atom. The van der Waals surface area contributed by atoms with Crippen LogP contribution in [0.25, 0.3) is 0 Å². The van der Waals surface area contributed by atoms with E-state index in [1.165, 1.54) is 31.4 Å². The Morgan fingerprint density at radius 2 is 2.00 bits per heavy atom. The fraction of sp³-hybridized carbons (Fsp3) is 0.600. The van der Waals surface area contributed by atoms with Gasteiger partial charge in [-0.2, -0.15) is 0 Å². The van der Waals surface area contributed by atoms with Crippen molar-refractivity contribution in [3.63, 3.8) is 0 Å². The lowest BCUT2D eigenvalue weighted by atomic mass is 10.1. The molecule has 1 atom stereocenters. The van der Waals surface area contributed by atoms with Crippen LogP contribution >= 0.6 is 0 Å². The zero-order chi connectivity index (χ0) is 12.1. The highest BCUT2D eigenvalue weighted by Gasteiger charge is 2.29. The van der Waals surface area contributed by atoms with Crippen molar-refractivity contribution in [2.24, 2.45) is 11.7 Å². The minimum Gasteiger partial charge on any atom is -0.370 e. The lowest BCUT2D eigenvalue weighted by Crippen LogP contribution is -2.39. The Kier molecular flexibility index (Phi) is 4.43. The van der Waals surface area contributed by atoms with E-state index in [2.05, 4.69) is 42.2 Å². The fourth-order valence-corrected chi connectivity index (χ4v) is 2.24. The maximum Gasteiger partial charge on any atom is 0.0366 e. The molecular weight excluding hydrogens is 208 g/mol. The van der Waals surface area contributed by atoms with Crippen LogP contribution in [0.3, 0.4) is 0 Å². The predicted octanol–water partition coefficient (Wildman–Crippen LogP) is 3.03. The van der Waals surface area contributed by atoms with E-state index in [0.29, 0.717) is 6.04 Å². The average molecular weight is 232 g/mol. The highest BCUT2D eigenvalue weighted by Crippen LogP contribution is 2.32. The van der Waals surface area contributed by atoms with Crippen molar-refractivity contribution in [3.05, 3.63) is 30.3 Å². The van der Waals surface area contributed by atoms with Crippen molar-refractivity contribution in [3.8, 4) is 0 Å². The van der Waals surface area contributed by atoms with E-state index in [4.69, 9.17) is 5.73 Å². The standard InChI is InChI=1S/C15H24N2/c1-2-3-11-17(12-15(16)13-9-10-13)14-7-5-4-6-8-14/h4-8,13,15H,2-3,9-12,16H2,1H3. The van der Waals surface area contributed by atoms with Crippen LogP contribution < -0.4 is 10.6 Å². The second-order valence-corrected chi connectivity index (χ2v) is 5.14. The first-order valence-corrected chi connectivity index (χ1v) is 6.87. The van der Waals surface area contributed by atoms with Crippen molar-refractivity contribution in [2.75, 3.05) is 18.0 Å². The molecular formula is C15H24N2. The first kappa shape index (κ1) is 12.4. The quantitative estimate of drug-likeness (QED) is 0.783. The van der Waals surface area contributed by atoms with Gasteiger partial charge in [-0.15, -0.1) is 0 Å². The van der Waals surface area contributed by atoms with Crippen molar-refractivity contribution in [1.29, 1.82) is 0 Å². The van der Waals surface area contributed by atoms with Gasteiger partial charge in [0.2, 0.25) is 0 Å². The number of nitrogens with two attached hydrogens (primary N) is 1. The van der Waals surface area contributed by atoms with Gasteiger partial charge < -0.3 is 10.6 Å². The van der Waals surface area contributed by atoms with E-state index in [-0.39, 0.29) is 0 Å². The van der Waals surface area contributed by atoms with Crippen molar-refractivity contribution in [1.82, 2.24) is 0 Å². The zero-order valence-electron chi connectivity index (χ0n) is 10.8. The number of rotatable bonds is 7. The first-order valence-electron chi connectivity index (χ1n) is 6.87. The second-order valence-electron chi connectivity index (χ2n) is 5.14. The summed E-state index contributed by atoms with van der Waals surface area (Å²) in [6, 6.07) is 11.0. The molecule has 0 saturated heterocycles. The Hall–Kier alpha value is -1.02. The lowest BCUT2D eigenvalue weighted by molar-refractivity contribution is 0.564. The first-order chi connectivity index (χ1) is 8.31. The molecule has 0 spiro atoms. The summed E-state index contributed by atoms with van der Waals surface area (Å²) in [5, 5.41) is 0. The number of benzene rings is 1. The summed E-state index contributed by atoms with van der Waals surface area (Å²) in [6.45, 7) is 4.37. The molecule has 1 aromatic rings. The molecule has 0 bridgehead atoms. The van der Waals surface area contributed by atoms with Gasteiger partial charge in [-0.3, -0.25) is 0 Å². The Balaban J connectivity index is 1.96. The molecule has 1 aliphatic rings. The van der Waals surface area contributed by atoms with Gasteiger partial charge in [0.05, 0.1) is 0 Å². The van der Waals surface area contributed by atoms with E-state index in [0.717, 1.165) is 19.0 Å². The van der Waals surface area contributed by atoms with Crippen LogP contribution in [0.1, 0.15) is 32.6 Å². The number of hydrogen-bond donors (Lipinski definition) is 1. The molecule has 1 saturated carbocycles. The number of nitrogens with zero attached hydrogens (tertiary/aromatic N) is 1. The van der Waals surface area contributed by atoms with Crippen LogP contribution in [0.5, 0.6) is 0 Å². The summed E-state index contributed by atoms with van der Waals surface area (Å²) in [4.78, 5) is 2.45. The summed E-state index contributed by atoms with van der Waals surface area (Å²) in [7, 11) is 0. The van der Waals surface area contributed by atoms with Crippen molar-refractivity contribution < 1.29 is 0 Å². The molecule has 0 radical (unpaired) electrons. The van der Waals surface area contributed by atoms with E-state index in [1.807, 2.05) is 0 Å². The molecule has 2 heteroatoms. The van der Waals surface area contributed by atoms with Crippen LogP contribution in [0.4, 0.5) is 5.69 Å². The predicted molar refractivity (Wildman–Crippen MR) is 74.3 cm³/mol. The zero-order valence-corrected chi connectivity index (χ0v) is 10.8. The minimum absolute atomic E-state index is 0.354. The second kappa shape index (κ2) is 6.06. The van der Waals surface area contributed by atoms with Crippen LogP contribution in [0.2, 0.25) is 0 Å². The SMILES string of the molecule is CCCCN(CC(N)C1CC1)c1ccccc1. The van der Waals surface area contributed by atoms with Gasteiger partial charge in [-0.1, -0.05) is 31.5 Å². The molecule has 0 heterocycles. The highest BCUT2D eigenvalue weighted by atomic mass is 15.1. The van der Waals surface area contributed by atoms with Gasteiger partial charge in [-0.25, -0.2) is 0 Å².